The fourth-order valence-corrected chi connectivity index (χ4v) is 2.44. The number of ether oxygens (including phenoxy) is 2. The third-order valence-corrected chi connectivity index (χ3v) is 3.88. The minimum atomic E-state index is -0.567. The lowest BCUT2D eigenvalue weighted by Crippen LogP contribution is -2.21. The van der Waals surface area contributed by atoms with Crippen molar-refractivity contribution in [1.82, 2.24) is 0 Å². The predicted octanol–water partition coefficient (Wildman–Crippen LogP) is 3.28. The summed E-state index contributed by atoms with van der Waals surface area (Å²) in [6.45, 7) is 1.44. The van der Waals surface area contributed by atoms with Gasteiger partial charge < -0.3 is 14.8 Å². The number of anilines is 1. The van der Waals surface area contributed by atoms with Crippen LogP contribution >= 0.6 is 0 Å². The molecular weight excluding hydrogens is 352 g/mol. The Kier molecular flexibility index (Phi) is 6.87. The van der Waals surface area contributed by atoms with Gasteiger partial charge in [-0.15, -0.1) is 0 Å². The van der Waals surface area contributed by atoms with Crippen molar-refractivity contribution >= 4 is 23.3 Å². The van der Waals surface area contributed by atoms with Crippen LogP contribution in [0.25, 0.3) is 0 Å². The van der Waals surface area contributed by atoms with Crippen LogP contribution in [0, 0.1) is 10.1 Å². The SMILES string of the molecule is COc1cc([N+](=O)[O-])ccc1NC(=O)COC(=O)C[C@@H](C)c1ccccc1. The Morgan fingerprint density at radius 2 is 1.89 bits per heavy atom. The number of nitrogens with zero attached hydrogens (tertiary/aromatic N) is 1. The van der Waals surface area contributed by atoms with E-state index in [4.69, 9.17) is 9.47 Å². The average Bonchev–Trinajstić information content (AvgIpc) is 2.67. The molecule has 1 N–H and O–H groups in total. The molecule has 2 aromatic carbocycles. The normalized spacial score (nSPS) is 11.3. The Balaban J connectivity index is 1.87. The number of carbonyl (C=O) groups excluding carboxylic acids is 2. The second-order valence-electron chi connectivity index (χ2n) is 5.87. The van der Waals surface area contributed by atoms with Crippen LogP contribution in [0.3, 0.4) is 0 Å². The highest BCUT2D eigenvalue weighted by molar-refractivity contribution is 5.94. The first kappa shape index (κ1) is 19.9. The third kappa shape index (κ3) is 5.81. The van der Waals surface area contributed by atoms with E-state index in [0.29, 0.717) is 0 Å². The molecule has 2 aromatic rings. The van der Waals surface area contributed by atoms with Crippen molar-refractivity contribution in [3.63, 3.8) is 0 Å². The molecule has 0 saturated heterocycles. The molecule has 0 saturated carbocycles. The summed E-state index contributed by atoms with van der Waals surface area (Å²) in [6, 6.07) is 13.3. The van der Waals surface area contributed by atoms with Crippen LogP contribution in [0.2, 0.25) is 0 Å². The van der Waals surface area contributed by atoms with Crippen molar-refractivity contribution in [2.75, 3.05) is 19.0 Å². The molecule has 1 atom stereocenters. The molecule has 27 heavy (non-hydrogen) atoms. The van der Waals surface area contributed by atoms with E-state index in [1.165, 1.54) is 25.3 Å². The van der Waals surface area contributed by atoms with Crippen LogP contribution in [0.1, 0.15) is 24.8 Å². The average molecular weight is 372 g/mol. The van der Waals surface area contributed by atoms with Crippen molar-refractivity contribution in [2.45, 2.75) is 19.3 Å². The number of methoxy groups -OCH3 is 1. The minimum absolute atomic E-state index is 0.0310. The molecular formula is C19H20N2O6. The van der Waals surface area contributed by atoms with Crippen LogP contribution in [0.5, 0.6) is 5.75 Å². The second-order valence-corrected chi connectivity index (χ2v) is 5.87. The van der Waals surface area contributed by atoms with E-state index in [1.54, 1.807) is 0 Å². The van der Waals surface area contributed by atoms with Gasteiger partial charge in [0.05, 0.1) is 30.2 Å². The number of carbonyl (C=O) groups is 2. The third-order valence-electron chi connectivity index (χ3n) is 3.88. The van der Waals surface area contributed by atoms with Crippen LogP contribution in [-0.4, -0.2) is 30.5 Å². The first-order valence-electron chi connectivity index (χ1n) is 8.23. The molecule has 8 heteroatoms. The second kappa shape index (κ2) is 9.33. The van der Waals surface area contributed by atoms with Crippen LogP contribution in [0.15, 0.2) is 48.5 Å². The van der Waals surface area contributed by atoms with Crippen molar-refractivity contribution in [3.8, 4) is 5.75 Å². The molecule has 1 amide bonds. The Bertz CT molecular complexity index is 822. The number of esters is 1. The molecule has 0 aliphatic rings. The van der Waals surface area contributed by atoms with Gasteiger partial charge in [0.25, 0.3) is 11.6 Å². The summed E-state index contributed by atoms with van der Waals surface area (Å²) >= 11 is 0. The van der Waals surface area contributed by atoms with Crippen molar-refractivity contribution in [2.24, 2.45) is 0 Å². The number of nitro groups is 1. The molecule has 0 fully saturated rings. The highest BCUT2D eigenvalue weighted by Gasteiger charge is 2.16. The van der Waals surface area contributed by atoms with Gasteiger partial charge in [0.1, 0.15) is 5.75 Å². The van der Waals surface area contributed by atoms with E-state index in [9.17, 15) is 19.7 Å². The molecule has 0 bridgehead atoms. The van der Waals surface area contributed by atoms with Gasteiger partial charge in [0, 0.05) is 6.07 Å². The van der Waals surface area contributed by atoms with Crippen LogP contribution in [0.4, 0.5) is 11.4 Å². The number of non-ortho nitro benzene ring substituents is 1. The van der Waals surface area contributed by atoms with Gasteiger partial charge >= 0.3 is 5.97 Å². The lowest BCUT2D eigenvalue weighted by molar-refractivity contribution is -0.384. The maximum atomic E-state index is 12.0. The lowest BCUT2D eigenvalue weighted by atomic mass is 9.98. The zero-order chi connectivity index (χ0) is 19.8. The molecule has 0 spiro atoms. The van der Waals surface area contributed by atoms with Gasteiger partial charge in [-0.3, -0.25) is 19.7 Å². The summed E-state index contributed by atoms with van der Waals surface area (Å²) in [5.74, 6) is -0.946. The Morgan fingerprint density at radius 3 is 2.52 bits per heavy atom. The summed E-state index contributed by atoms with van der Waals surface area (Å²) < 4.78 is 10.0. The van der Waals surface area contributed by atoms with Crippen molar-refractivity contribution in [3.05, 3.63) is 64.2 Å². The zero-order valence-corrected chi connectivity index (χ0v) is 15.0. The van der Waals surface area contributed by atoms with E-state index in [0.717, 1.165) is 5.56 Å². The Labute approximate surface area is 156 Å². The standard InChI is InChI=1S/C19H20N2O6/c1-13(14-6-4-3-5-7-14)10-19(23)27-12-18(22)20-16-9-8-15(21(24)25)11-17(16)26-2/h3-9,11,13H,10,12H2,1-2H3,(H,20,22)/t13-/m1/s1. The smallest absolute Gasteiger partial charge is 0.306 e. The predicted molar refractivity (Wildman–Crippen MR) is 98.7 cm³/mol. The minimum Gasteiger partial charge on any atom is -0.494 e. The number of rotatable bonds is 8. The van der Waals surface area contributed by atoms with E-state index >= 15 is 0 Å². The molecule has 0 aromatic heterocycles. The Hall–Kier alpha value is -3.42. The van der Waals surface area contributed by atoms with Crippen LogP contribution in [-0.2, 0) is 14.3 Å². The monoisotopic (exact) mass is 372 g/mol. The van der Waals surface area contributed by atoms with Crippen molar-refractivity contribution in [1.29, 1.82) is 0 Å². The van der Waals surface area contributed by atoms with Gasteiger partial charge in [-0.1, -0.05) is 37.3 Å². The number of hydrogen-bond donors (Lipinski definition) is 1. The molecule has 0 heterocycles. The summed E-state index contributed by atoms with van der Waals surface area (Å²) in [4.78, 5) is 34.1. The number of hydrogen-bond acceptors (Lipinski definition) is 6. The number of benzene rings is 2. The summed E-state index contributed by atoms with van der Waals surface area (Å²) in [5, 5.41) is 13.3. The van der Waals surface area contributed by atoms with E-state index in [2.05, 4.69) is 5.32 Å². The summed E-state index contributed by atoms with van der Waals surface area (Å²) in [6.07, 6.45) is 0.151. The molecule has 2 rings (SSSR count). The first-order valence-corrected chi connectivity index (χ1v) is 8.23. The Morgan fingerprint density at radius 1 is 1.19 bits per heavy atom. The summed E-state index contributed by atoms with van der Waals surface area (Å²) in [5.41, 5.74) is 1.10. The number of nitrogens with one attached hydrogen (secondary N) is 1. The number of amides is 1. The molecule has 8 nitrogen and oxygen atoms in total. The lowest BCUT2D eigenvalue weighted by Gasteiger charge is -2.12. The van der Waals surface area contributed by atoms with Gasteiger partial charge in [-0.05, 0) is 17.5 Å². The fourth-order valence-electron chi connectivity index (χ4n) is 2.44. The molecule has 142 valence electrons. The van der Waals surface area contributed by atoms with Gasteiger partial charge in [0.2, 0.25) is 0 Å². The maximum Gasteiger partial charge on any atom is 0.306 e. The van der Waals surface area contributed by atoms with Gasteiger partial charge in [-0.25, -0.2) is 0 Å². The summed E-state index contributed by atoms with van der Waals surface area (Å²) in [7, 11) is 1.33. The molecule has 0 unspecified atom stereocenters. The maximum absolute atomic E-state index is 12.0. The van der Waals surface area contributed by atoms with Gasteiger partial charge in [0.15, 0.2) is 6.61 Å². The molecule has 0 aliphatic carbocycles. The zero-order valence-electron chi connectivity index (χ0n) is 15.0. The fraction of sp³-hybridized carbons (Fsp3) is 0.263. The topological polar surface area (TPSA) is 108 Å². The van der Waals surface area contributed by atoms with E-state index in [-0.39, 0.29) is 29.5 Å². The van der Waals surface area contributed by atoms with Crippen LogP contribution < -0.4 is 10.1 Å². The number of nitro benzene ring substituents is 1. The highest BCUT2D eigenvalue weighted by Crippen LogP contribution is 2.28. The van der Waals surface area contributed by atoms with Gasteiger partial charge in [-0.2, -0.15) is 0 Å². The molecule has 0 aliphatic heterocycles. The highest BCUT2D eigenvalue weighted by atomic mass is 16.6. The largest absolute Gasteiger partial charge is 0.494 e. The quantitative estimate of drug-likeness (QED) is 0.433. The van der Waals surface area contributed by atoms with E-state index in [1.807, 2.05) is 37.3 Å². The van der Waals surface area contributed by atoms with E-state index < -0.39 is 23.4 Å². The van der Waals surface area contributed by atoms with Crippen molar-refractivity contribution < 1.29 is 24.0 Å². The molecule has 0 radical (unpaired) electrons. The first-order chi connectivity index (χ1) is 12.9.